The molecule has 0 spiro atoms. The van der Waals surface area contributed by atoms with Gasteiger partial charge in [0.05, 0.1) is 12.1 Å². The molecule has 1 unspecified atom stereocenters. The molecule has 2 rings (SSSR count). The smallest absolute Gasteiger partial charge is 0.137 e. The Kier molecular flexibility index (Phi) is 6.85. The van der Waals surface area contributed by atoms with Gasteiger partial charge in [-0.05, 0) is 43.0 Å². The number of hydrogen-bond donors (Lipinski definition) is 1. The van der Waals surface area contributed by atoms with Crippen molar-refractivity contribution >= 4 is 11.6 Å². The zero-order chi connectivity index (χ0) is 15.1. The van der Waals surface area contributed by atoms with Crippen molar-refractivity contribution in [1.29, 1.82) is 0 Å². The lowest BCUT2D eigenvalue weighted by molar-refractivity contribution is 0.315. The van der Waals surface area contributed by atoms with Crippen molar-refractivity contribution in [2.24, 2.45) is 5.92 Å². The molecule has 118 valence electrons. The molecule has 1 aromatic rings. The summed E-state index contributed by atoms with van der Waals surface area (Å²) in [5.41, 5.74) is 1.28. The number of benzene rings is 1. The number of ether oxygens (including phenoxy) is 1. The topological polar surface area (TPSA) is 21.3 Å². The maximum Gasteiger partial charge on any atom is 0.137 e. The van der Waals surface area contributed by atoms with Crippen molar-refractivity contribution in [1.82, 2.24) is 5.32 Å². The van der Waals surface area contributed by atoms with Crippen LogP contribution >= 0.6 is 11.6 Å². The largest absolute Gasteiger partial charge is 0.495 e. The molecule has 1 fully saturated rings. The lowest BCUT2D eigenvalue weighted by Crippen LogP contribution is -2.22. The highest BCUT2D eigenvalue weighted by Gasteiger charge is 2.17. The van der Waals surface area contributed by atoms with Gasteiger partial charge in [0, 0.05) is 6.04 Å². The first-order valence-corrected chi connectivity index (χ1v) is 8.69. The molecule has 0 aromatic heterocycles. The summed E-state index contributed by atoms with van der Waals surface area (Å²) in [6.45, 7) is 3.15. The van der Waals surface area contributed by atoms with Gasteiger partial charge < -0.3 is 10.1 Å². The Labute approximate surface area is 134 Å². The van der Waals surface area contributed by atoms with E-state index in [2.05, 4.69) is 24.4 Å². The van der Waals surface area contributed by atoms with Crippen molar-refractivity contribution in [3.05, 3.63) is 28.8 Å². The summed E-state index contributed by atoms with van der Waals surface area (Å²) in [5.74, 6) is 1.68. The summed E-state index contributed by atoms with van der Waals surface area (Å²) in [5, 5.41) is 4.31. The second kappa shape index (κ2) is 8.65. The van der Waals surface area contributed by atoms with Crippen LogP contribution in [-0.4, -0.2) is 13.7 Å². The molecule has 1 aliphatic carbocycles. The van der Waals surface area contributed by atoms with E-state index in [1.165, 1.54) is 50.5 Å². The average molecular weight is 310 g/mol. The van der Waals surface area contributed by atoms with E-state index >= 15 is 0 Å². The van der Waals surface area contributed by atoms with E-state index in [9.17, 15) is 0 Å². The van der Waals surface area contributed by atoms with Crippen LogP contribution in [0.2, 0.25) is 5.02 Å². The van der Waals surface area contributed by atoms with Crippen LogP contribution in [0, 0.1) is 5.92 Å². The van der Waals surface area contributed by atoms with Crippen molar-refractivity contribution in [3.8, 4) is 5.75 Å². The SMILES string of the molecule is CCNC(CCC1CCCCC1)c1ccc(OC)c(Cl)c1. The van der Waals surface area contributed by atoms with Crippen molar-refractivity contribution in [2.75, 3.05) is 13.7 Å². The van der Waals surface area contributed by atoms with Crippen LogP contribution in [0.15, 0.2) is 18.2 Å². The zero-order valence-corrected chi connectivity index (χ0v) is 14.1. The predicted molar refractivity (Wildman–Crippen MR) is 90.2 cm³/mol. The lowest BCUT2D eigenvalue weighted by atomic mass is 9.84. The van der Waals surface area contributed by atoms with E-state index in [0.29, 0.717) is 11.1 Å². The quantitative estimate of drug-likeness (QED) is 0.732. The first-order chi connectivity index (χ1) is 10.2. The Morgan fingerprint density at radius 1 is 1.29 bits per heavy atom. The Balaban J connectivity index is 1.98. The monoisotopic (exact) mass is 309 g/mol. The fourth-order valence-electron chi connectivity index (χ4n) is 3.41. The van der Waals surface area contributed by atoms with Crippen LogP contribution in [0.25, 0.3) is 0 Å². The maximum absolute atomic E-state index is 6.27. The standard InChI is InChI=1S/C18H28ClNO/c1-3-20-17(11-9-14-7-5-4-6-8-14)15-10-12-18(21-2)16(19)13-15/h10,12-14,17,20H,3-9,11H2,1-2H3. The molecule has 0 bridgehead atoms. The van der Waals surface area contributed by atoms with Crippen molar-refractivity contribution in [2.45, 2.75) is 57.9 Å². The molecule has 1 atom stereocenters. The first kappa shape index (κ1) is 16.6. The third kappa shape index (κ3) is 4.89. The van der Waals surface area contributed by atoms with Gasteiger partial charge in [-0.2, -0.15) is 0 Å². The van der Waals surface area contributed by atoms with Crippen LogP contribution in [0.1, 0.15) is 63.5 Å². The van der Waals surface area contributed by atoms with Gasteiger partial charge in [-0.3, -0.25) is 0 Å². The van der Waals surface area contributed by atoms with Gasteiger partial charge in [0.15, 0.2) is 0 Å². The van der Waals surface area contributed by atoms with Gasteiger partial charge >= 0.3 is 0 Å². The van der Waals surface area contributed by atoms with E-state index in [1.54, 1.807) is 7.11 Å². The Morgan fingerprint density at radius 2 is 2.05 bits per heavy atom. The van der Waals surface area contributed by atoms with Crippen LogP contribution in [0.3, 0.4) is 0 Å². The van der Waals surface area contributed by atoms with E-state index in [-0.39, 0.29) is 0 Å². The minimum absolute atomic E-state index is 0.403. The molecule has 1 N–H and O–H groups in total. The fraction of sp³-hybridized carbons (Fsp3) is 0.667. The van der Waals surface area contributed by atoms with E-state index in [4.69, 9.17) is 16.3 Å². The average Bonchev–Trinajstić information content (AvgIpc) is 2.52. The van der Waals surface area contributed by atoms with Gasteiger partial charge in [-0.25, -0.2) is 0 Å². The molecule has 21 heavy (non-hydrogen) atoms. The van der Waals surface area contributed by atoms with Gasteiger partial charge in [-0.1, -0.05) is 56.7 Å². The van der Waals surface area contributed by atoms with Gasteiger partial charge in [0.25, 0.3) is 0 Å². The number of hydrogen-bond acceptors (Lipinski definition) is 2. The highest BCUT2D eigenvalue weighted by Crippen LogP contribution is 2.32. The summed E-state index contributed by atoms with van der Waals surface area (Å²) in [6.07, 6.45) is 9.63. The summed E-state index contributed by atoms with van der Waals surface area (Å²) >= 11 is 6.27. The second-order valence-corrected chi connectivity index (χ2v) is 6.49. The molecule has 1 saturated carbocycles. The Morgan fingerprint density at radius 3 is 2.67 bits per heavy atom. The number of rotatable bonds is 7. The van der Waals surface area contributed by atoms with E-state index in [1.807, 2.05) is 6.07 Å². The Hall–Kier alpha value is -0.730. The third-order valence-corrected chi connectivity index (χ3v) is 4.91. The maximum atomic E-state index is 6.27. The summed E-state index contributed by atoms with van der Waals surface area (Å²) in [6, 6.07) is 6.57. The number of methoxy groups -OCH3 is 1. The highest BCUT2D eigenvalue weighted by atomic mass is 35.5. The van der Waals surface area contributed by atoms with Crippen LogP contribution < -0.4 is 10.1 Å². The normalized spacial score (nSPS) is 17.7. The predicted octanol–water partition coefficient (Wildman–Crippen LogP) is 5.36. The summed E-state index contributed by atoms with van der Waals surface area (Å²) < 4.78 is 5.24. The van der Waals surface area contributed by atoms with Gasteiger partial charge in [0.2, 0.25) is 0 Å². The Bertz CT molecular complexity index is 429. The first-order valence-electron chi connectivity index (χ1n) is 8.31. The van der Waals surface area contributed by atoms with Crippen LogP contribution in [0.5, 0.6) is 5.75 Å². The summed E-state index contributed by atoms with van der Waals surface area (Å²) in [4.78, 5) is 0. The molecule has 0 heterocycles. The molecule has 1 aliphatic rings. The van der Waals surface area contributed by atoms with Crippen LogP contribution in [0.4, 0.5) is 0 Å². The third-order valence-electron chi connectivity index (χ3n) is 4.62. The summed E-state index contributed by atoms with van der Waals surface area (Å²) in [7, 11) is 1.66. The minimum Gasteiger partial charge on any atom is -0.495 e. The second-order valence-electron chi connectivity index (χ2n) is 6.09. The highest BCUT2D eigenvalue weighted by molar-refractivity contribution is 6.32. The molecular weight excluding hydrogens is 282 g/mol. The minimum atomic E-state index is 0.403. The molecule has 0 saturated heterocycles. The van der Waals surface area contributed by atoms with Crippen molar-refractivity contribution < 1.29 is 4.74 Å². The number of nitrogens with one attached hydrogen (secondary N) is 1. The van der Waals surface area contributed by atoms with E-state index in [0.717, 1.165) is 18.2 Å². The zero-order valence-electron chi connectivity index (χ0n) is 13.3. The van der Waals surface area contributed by atoms with Gasteiger partial charge in [0.1, 0.15) is 5.75 Å². The molecule has 0 radical (unpaired) electrons. The lowest BCUT2D eigenvalue weighted by Gasteiger charge is -2.25. The molecule has 2 nitrogen and oxygen atoms in total. The fourth-order valence-corrected chi connectivity index (χ4v) is 3.68. The molecular formula is C18H28ClNO. The molecule has 0 aliphatic heterocycles. The van der Waals surface area contributed by atoms with Gasteiger partial charge in [-0.15, -0.1) is 0 Å². The van der Waals surface area contributed by atoms with E-state index < -0.39 is 0 Å². The molecule has 3 heteroatoms. The molecule has 1 aromatic carbocycles. The van der Waals surface area contributed by atoms with Crippen molar-refractivity contribution in [3.63, 3.8) is 0 Å². The molecule has 0 amide bonds. The number of halogens is 1. The van der Waals surface area contributed by atoms with Crippen LogP contribution in [-0.2, 0) is 0 Å².